The van der Waals surface area contributed by atoms with Gasteiger partial charge in [-0.25, -0.2) is 0 Å². The molecule has 1 atom stereocenters. The van der Waals surface area contributed by atoms with Crippen molar-refractivity contribution < 1.29 is 11.1 Å². The summed E-state index contributed by atoms with van der Waals surface area (Å²) in [5, 5.41) is 0. The second kappa shape index (κ2) is 8.26. The van der Waals surface area contributed by atoms with Crippen molar-refractivity contribution in [2.45, 2.75) is 37.1 Å². The zero-order valence-corrected chi connectivity index (χ0v) is 20.4. The second-order valence-corrected chi connectivity index (χ2v) is 9.39. The van der Waals surface area contributed by atoms with E-state index in [2.05, 4.69) is 11.8 Å². The van der Waals surface area contributed by atoms with Crippen LogP contribution in [0.2, 0.25) is 0 Å². The number of nitrogens with zero attached hydrogens (tertiary/aromatic N) is 2. The molecule has 3 rings (SSSR count). The molecule has 0 amide bonds. The van der Waals surface area contributed by atoms with E-state index in [0.717, 1.165) is 24.9 Å². The van der Waals surface area contributed by atoms with E-state index in [1.165, 1.54) is 0 Å². The average molecular weight is 564 g/mol. The molecule has 2 aromatic carbocycles. The first-order valence-corrected chi connectivity index (χ1v) is 12.1. The first-order chi connectivity index (χ1) is 12.5. The fourth-order valence-electron chi connectivity index (χ4n) is 3.34. The molecule has 2 aromatic rings. The molecule has 0 radical (unpaired) electrons. The molecule has 1 unspecified atom stereocenters. The van der Waals surface area contributed by atoms with Crippen LogP contribution in [0.15, 0.2) is 53.4 Å². The number of unbranched alkanes of at least 4 members (excludes halogenated alkanes) is 1. The first kappa shape index (κ1) is 19.6. The van der Waals surface area contributed by atoms with Crippen molar-refractivity contribution in [3.63, 3.8) is 0 Å². The summed E-state index contributed by atoms with van der Waals surface area (Å²) in [6.07, 6.45) is 2.89. The summed E-state index contributed by atoms with van der Waals surface area (Å²) in [6, 6.07) is 15.3. The third kappa shape index (κ3) is 3.77. The summed E-state index contributed by atoms with van der Waals surface area (Å²) in [5.41, 5.74) is 1.72. The molecule has 0 aliphatic carbocycles. The fourth-order valence-corrected chi connectivity index (χ4v) is 5.49. The van der Waals surface area contributed by atoms with Crippen LogP contribution >= 0.6 is 0 Å². The molecule has 0 fully saturated rings. The minimum atomic E-state index is -3.58. The number of benzene rings is 2. The zero-order chi connectivity index (χ0) is 18.7. The summed E-state index contributed by atoms with van der Waals surface area (Å²) in [6.45, 7) is 2.76. The first-order valence-electron chi connectivity index (χ1n) is 8.80. The van der Waals surface area contributed by atoms with Gasteiger partial charge in [-0.05, 0) is 0 Å². The number of likely N-dealkylation sites (N-methyl/N-ethyl adjacent to an activating group) is 1. The van der Waals surface area contributed by atoms with Gasteiger partial charge in [0, 0.05) is 0 Å². The Morgan fingerprint density at radius 1 is 1.19 bits per heavy atom. The molecule has 0 saturated carbocycles. The van der Waals surface area contributed by atoms with E-state index in [1.807, 2.05) is 42.5 Å². The van der Waals surface area contributed by atoms with E-state index >= 15 is 0 Å². The van der Waals surface area contributed by atoms with E-state index in [0.29, 0.717) is 49.1 Å². The summed E-state index contributed by atoms with van der Waals surface area (Å²) in [5.74, 6) is 0.616. The summed E-state index contributed by atoms with van der Waals surface area (Å²) in [7, 11) is -1.88. The summed E-state index contributed by atoms with van der Waals surface area (Å²) >= 11 is 0.312. The van der Waals surface area contributed by atoms with Crippen molar-refractivity contribution in [2.75, 3.05) is 18.5 Å². The van der Waals surface area contributed by atoms with Crippen LogP contribution < -0.4 is 7.59 Å². The van der Waals surface area contributed by atoms with Crippen LogP contribution in [0, 0.1) is 0 Å². The maximum absolute atomic E-state index is 13.3. The molecular formula is C19H23N2O3STl. The van der Waals surface area contributed by atoms with E-state index in [-0.39, 0.29) is 6.04 Å². The molecular weight excluding hydrogens is 541 g/mol. The minimum absolute atomic E-state index is 0.0743. The van der Waals surface area contributed by atoms with Crippen molar-refractivity contribution in [3.05, 3.63) is 48.5 Å². The van der Waals surface area contributed by atoms with Crippen LogP contribution in [0.4, 0.5) is 11.4 Å². The van der Waals surface area contributed by atoms with E-state index in [9.17, 15) is 8.42 Å². The normalized spacial score (nSPS) is 19.6. The molecule has 0 aromatic heterocycles. The van der Waals surface area contributed by atoms with E-state index in [1.54, 1.807) is 17.4 Å². The molecule has 7 heteroatoms. The van der Waals surface area contributed by atoms with Crippen molar-refractivity contribution in [3.8, 4) is 5.75 Å². The zero-order valence-electron chi connectivity index (χ0n) is 15.1. The number of rotatable bonds is 5. The quantitative estimate of drug-likeness (QED) is 0.523. The Bertz CT molecular complexity index is 858. The summed E-state index contributed by atoms with van der Waals surface area (Å²) < 4.78 is 33.6. The monoisotopic (exact) mass is 564 g/mol. The van der Waals surface area contributed by atoms with Crippen molar-refractivity contribution >= 4 is 47.6 Å². The van der Waals surface area contributed by atoms with Crippen molar-refractivity contribution in [1.29, 1.82) is 0 Å². The van der Waals surface area contributed by atoms with Crippen LogP contribution in [-0.4, -0.2) is 58.6 Å². The molecule has 1 heterocycles. The second-order valence-electron chi connectivity index (χ2n) is 6.51. The molecule has 0 bridgehead atoms. The summed E-state index contributed by atoms with van der Waals surface area (Å²) in [4.78, 5) is 2.44. The number of hydrogen-bond acceptors (Lipinski definition) is 4. The van der Waals surface area contributed by atoms with Gasteiger partial charge in [0.25, 0.3) is 0 Å². The predicted molar refractivity (Wildman–Crippen MR) is 105 cm³/mol. The van der Waals surface area contributed by atoms with Crippen LogP contribution in [-0.2, 0) is 10.0 Å². The molecule has 0 spiro atoms. The molecule has 5 nitrogen and oxygen atoms in total. The Balaban J connectivity index is 2.17. The van der Waals surface area contributed by atoms with Crippen molar-refractivity contribution in [2.24, 2.45) is 0 Å². The number of para-hydroxylation sites is 1. The Labute approximate surface area is 172 Å². The number of sulfonamides is 1. The van der Waals surface area contributed by atoms with Gasteiger partial charge in [-0.2, -0.15) is 0 Å². The predicted octanol–water partition coefficient (Wildman–Crippen LogP) is 3.48. The topological polar surface area (TPSA) is 49.9 Å². The van der Waals surface area contributed by atoms with Crippen LogP contribution in [0.1, 0.15) is 26.2 Å². The Kier molecular flexibility index (Phi) is 6.24. The Morgan fingerprint density at radius 2 is 1.92 bits per heavy atom. The number of fused-ring (bicyclic) bond motifs is 1. The third-order valence-electron chi connectivity index (χ3n) is 4.88. The van der Waals surface area contributed by atoms with Gasteiger partial charge in [0.05, 0.1) is 0 Å². The molecule has 26 heavy (non-hydrogen) atoms. The van der Waals surface area contributed by atoms with Gasteiger partial charge in [0.1, 0.15) is 0 Å². The molecule has 136 valence electrons. The van der Waals surface area contributed by atoms with E-state index < -0.39 is 10.0 Å². The van der Waals surface area contributed by atoms with Gasteiger partial charge in [-0.1, -0.05) is 0 Å². The molecule has 0 N–H and O–H groups in total. The van der Waals surface area contributed by atoms with Crippen LogP contribution in [0.25, 0.3) is 0 Å². The SMILES string of the molecule is CCCCC1CN(c2ccccc2)c2ccc([O][Tl])cc2S(=O)(=O)N1C. The third-order valence-corrected chi connectivity index (χ3v) is 7.88. The van der Waals surface area contributed by atoms with Crippen molar-refractivity contribution in [1.82, 2.24) is 4.31 Å². The fraction of sp³-hybridized carbons (Fsp3) is 0.368. The van der Waals surface area contributed by atoms with Gasteiger partial charge < -0.3 is 0 Å². The van der Waals surface area contributed by atoms with Gasteiger partial charge >= 0.3 is 173 Å². The van der Waals surface area contributed by atoms with Gasteiger partial charge in [0.2, 0.25) is 0 Å². The van der Waals surface area contributed by atoms with Gasteiger partial charge in [-0.15, -0.1) is 0 Å². The number of anilines is 2. The standard InChI is InChI=1S/C19H24N2O3S.Tl/c1-3-4-8-16-14-21(15-9-6-5-7-10-15)18-12-11-17(22)13-19(18)25(23,24)20(16)2;/h5-7,9-13,16,22H,3-4,8,14H2,1-2H3;/q;+1/p-1. The average Bonchev–Trinajstić information content (AvgIpc) is 2.75. The maximum atomic E-state index is 13.3. The van der Waals surface area contributed by atoms with Crippen LogP contribution in [0.3, 0.4) is 0 Å². The van der Waals surface area contributed by atoms with E-state index in [4.69, 9.17) is 2.69 Å². The number of hydrogen-bond donors (Lipinski definition) is 0. The Morgan fingerprint density at radius 3 is 2.58 bits per heavy atom. The van der Waals surface area contributed by atoms with Gasteiger partial charge in [0.15, 0.2) is 0 Å². The van der Waals surface area contributed by atoms with Crippen LogP contribution in [0.5, 0.6) is 5.75 Å². The van der Waals surface area contributed by atoms with Gasteiger partial charge in [-0.3, -0.25) is 0 Å². The molecule has 1 aliphatic rings. The molecule has 1 aliphatic heterocycles. The molecule has 0 saturated heterocycles. The Hall–Kier alpha value is -1.13.